The maximum atomic E-state index is 14.8. The topological polar surface area (TPSA) is 669 Å². The van der Waals surface area contributed by atoms with Gasteiger partial charge in [0.1, 0.15) is 71.1 Å². The van der Waals surface area contributed by atoms with Crippen LogP contribution in [0.2, 0.25) is 0 Å². The van der Waals surface area contributed by atoms with Gasteiger partial charge in [0.2, 0.25) is 59.1 Å². The van der Waals surface area contributed by atoms with E-state index >= 15 is 0 Å². The van der Waals surface area contributed by atoms with E-state index in [-0.39, 0.29) is 139 Å². The van der Waals surface area contributed by atoms with Gasteiger partial charge in [-0.25, -0.2) is 4.79 Å². The minimum atomic E-state index is -1.88. The molecule has 0 aliphatic carbocycles. The summed E-state index contributed by atoms with van der Waals surface area (Å²) in [5, 5.41) is 89.8. The van der Waals surface area contributed by atoms with E-state index in [1.54, 1.807) is 56.3 Å². The molecule has 10 amide bonds. The van der Waals surface area contributed by atoms with Crippen LogP contribution in [0.3, 0.4) is 0 Å². The van der Waals surface area contributed by atoms with Gasteiger partial charge in [0.15, 0.2) is 23.7 Å². The van der Waals surface area contributed by atoms with Crippen LogP contribution in [-0.4, -0.2) is 216 Å². The van der Waals surface area contributed by atoms with Crippen molar-refractivity contribution >= 4 is 117 Å². The van der Waals surface area contributed by atoms with Crippen LogP contribution in [0.25, 0.3) is 11.0 Å². The summed E-state index contributed by atoms with van der Waals surface area (Å²) in [4.78, 5) is 203. The largest absolute Gasteiger partial charge is 0.497 e. The van der Waals surface area contributed by atoms with E-state index in [2.05, 4.69) is 69.1 Å². The van der Waals surface area contributed by atoms with E-state index in [1.807, 2.05) is 0 Å². The first-order chi connectivity index (χ1) is 55.0. The Bertz CT molecular complexity index is 4240. The zero-order chi connectivity index (χ0) is 85.7. The maximum Gasteiger partial charge on any atom is 0.336 e. The molecule has 1 fully saturated rings. The number of likely N-dealkylation sites (tertiary alicyclic amines) is 1. The number of unbranched alkanes of at least 4 members (excludes halogenated alkanes) is 1. The maximum absolute atomic E-state index is 14.8. The van der Waals surface area contributed by atoms with Crippen molar-refractivity contribution in [3.63, 3.8) is 0 Å². The zero-order valence-electron chi connectivity index (χ0n) is 64.9. The molecule has 2 heterocycles. The Hall–Kier alpha value is -13.3. The number of benzene rings is 3. The van der Waals surface area contributed by atoms with Crippen molar-refractivity contribution in [3.05, 3.63) is 109 Å². The minimum absolute atomic E-state index is 0.0000339. The van der Waals surface area contributed by atoms with Crippen LogP contribution in [0, 0.1) is 42.4 Å². The molecule has 23 N–H and O–H groups in total. The number of nitrogens with one attached hydrogen (secondary N) is 16. The first-order valence-corrected chi connectivity index (χ1v) is 37.4. The van der Waals surface area contributed by atoms with Crippen molar-refractivity contribution < 1.29 is 86.4 Å². The summed E-state index contributed by atoms with van der Waals surface area (Å²) in [5.74, 6) is -11.7. The number of hydrogen-bond acceptors (Lipinski definition) is 24. The van der Waals surface area contributed by atoms with Crippen LogP contribution in [0.1, 0.15) is 123 Å². The van der Waals surface area contributed by atoms with Crippen LogP contribution in [0.5, 0.6) is 11.5 Å². The number of hydrogen-bond donors (Lipinski definition) is 20. The number of ether oxygens (including phenoxy) is 2. The van der Waals surface area contributed by atoms with Crippen molar-refractivity contribution in [2.75, 3.05) is 58.3 Å². The van der Waals surface area contributed by atoms with Gasteiger partial charge in [0.05, 0.1) is 48.6 Å². The van der Waals surface area contributed by atoms with Gasteiger partial charge in [0.25, 0.3) is 11.4 Å². The molecule has 0 radical (unpaired) electrons. The highest BCUT2D eigenvalue weighted by Gasteiger charge is 2.40. The quantitative estimate of drug-likeness (QED) is 0.00618. The van der Waals surface area contributed by atoms with Gasteiger partial charge in [-0.1, -0.05) is 32.0 Å². The predicted octanol–water partition coefficient (Wildman–Crippen LogP) is -1.18. The lowest BCUT2D eigenvalue weighted by molar-refractivity contribution is -0.393. The number of methoxy groups -OCH3 is 1. The van der Waals surface area contributed by atoms with E-state index in [1.165, 1.54) is 25.0 Å². The Kier molecular flexibility index (Phi) is 38.0. The van der Waals surface area contributed by atoms with E-state index in [0.29, 0.717) is 29.4 Å². The Morgan fingerprint density at radius 1 is 0.603 bits per heavy atom. The second-order valence-electron chi connectivity index (χ2n) is 27.7. The SMILES string of the molecule is COc1ccc2c(CC(=O)N[C@@H](CCCNC(=N)N)C(=O)N3CCCC3C(=O)N[C@@H](CC(C)C)C(=O)NCC(=O)N[C@@H](CCCCOc3ccccc3)C(=O)N[C@H](CNc3ccc([N+](=O)[O-])cc3[N+](=O)[O-])C(=O)N[C@@H](C)C(=O)N[C@H](CCCNC(=N)N)C(=O)N[C@@H](CCC(=O)O)C(=O)N[C@H](CCCNC(=N)N)C(C)=O)cc(=O)oc2c1. The second kappa shape index (κ2) is 47.3. The number of aliphatic carboxylic acids is 1. The van der Waals surface area contributed by atoms with Crippen LogP contribution in [0.15, 0.2) is 82.0 Å². The van der Waals surface area contributed by atoms with E-state index in [0.717, 1.165) is 25.1 Å². The molecule has 1 saturated heterocycles. The molecule has 3 aromatic carbocycles. The van der Waals surface area contributed by atoms with Crippen molar-refractivity contribution in [2.45, 2.75) is 178 Å². The molecular weight excluding hydrogens is 1520 g/mol. The molecular formula is C73H104N22O21. The molecule has 1 unspecified atom stereocenters. The molecule has 9 atom stereocenters. The summed E-state index contributed by atoms with van der Waals surface area (Å²) < 4.78 is 16.4. The molecule has 1 aliphatic rings. The summed E-state index contributed by atoms with van der Waals surface area (Å²) >= 11 is 0. The smallest absolute Gasteiger partial charge is 0.336 e. The Balaban J connectivity index is 1.39. The fraction of sp³-hybridized carbons (Fsp3) is 0.507. The molecule has 116 heavy (non-hydrogen) atoms. The number of carboxylic acid groups (broad SMARTS) is 1. The number of fused-ring (bicyclic) bond motifs is 1. The number of anilines is 1. The lowest BCUT2D eigenvalue weighted by Crippen LogP contribution is -2.60. The number of nitrogens with two attached hydrogens (primary N) is 3. The molecule has 1 aliphatic heterocycles. The highest BCUT2D eigenvalue weighted by atomic mass is 16.6. The number of ketones is 1. The molecule has 43 nitrogen and oxygen atoms in total. The summed E-state index contributed by atoms with van der Waals surface area (Å²) in [7, 11) is 1.43. The minimum Gasteiger partial charge on any atom is -0.497 e. The van der Waals surface area contributed by atoms with Gasteiger partial charge in [-0.3, -0.25) is 94.0 Å². The molecule has 5 rings (SSSR count). The van der Waals surface area contributed by atoms with Gasteiger partial charge in [-0.05, 0) is 139 Å². The summed E-state index contributed by atoms with van der Waals surface area (Å²) in [5.41, 5.74) is 14.1. The van der Waals surface area contributed by atoms with Crippen molar-refractivity contribution in [3.8, 4) is 11.5 Å². The third-order valence-corrected chi connectivity index (χ3v) is 18.1. The standard InChI is InChI=1S/C73H104N22O21/c1-40(2)33-54(91-69(108)56-21-14-31-93(56)70(109)53(20-13-30-82-73(78)79)87-59(97)34-43-35-62(101)116-58-37-46(114-5)23-24-47(43)58)64(103)84-39-60(98)86-50(17-9-10-32-115-45-15-7-6-8-16-45)65(104)92-55(38-83-49-25-22-44(94(110)111)36-57(49)95(112)113)68(107)85-41(3)63(102)89-51(19-12-29-81-72(76)77)66(105)90-52(26-27-61(99)100)67(106)88-48(42(4)96)18-11-28-80-71(74)75/h6-8,15-16,22-25,35-37,40-41,48,50-56,83H,9-14,17-21,26-34,38-39H2,1-5H3,(H,84,103)(H,85,107)(H,86,98)(H,87,97)(H,88,106)(H,89,102)(H,90,105)(H,91,108)(H,92,104)(H,99,100)(H4,74,75,80)(H4,76,77,81)(H4,78,79,82)/t41-,48+,50-,51+,52-,53-,54-,55+,56?/m0/s1. The second-order valence-corrected chi connectivity index (χ2v) is 27.7. The highest BCUT2D eigenvalue weighted by Crippen LogP contribution is 2.30. The average Bonchev–Trinajstić information content (AvgIpc) is 1.06. The number of rotatable bonds is 50. The van der Waals surface area contributed by atoms with Gasteiger partial charge < -0.3 is 110 Å². The predicted molar refractivity (Wildman–Crippen MR) is 420 cm³/mol. The molecule has 632 valence electrons. The fourth-order valence-corrected chi connectivity index (χ4v) is 12.2. The Morgan fingerprint density at radius 3 is 1.75 bits per heavy atom. The number of carbonyl (C=O) groups excluding carboxylic acids is 11. The molecule has 0 spiro atoms. The van der Waals surface area contributed by atoms with Crippen molar-refractivity contribution in [1.82, 2.24) is 68.7 Å². The lowest BCUT2D eigenvalue weighted by Gasteiger charge is -2.30. The highest BCUT2D eigenvalue weighted by molar-refractivity contribution is 5.99. The fourth-order valence-electron chi connectivity index (χ4n) is 12.2. The number of nitrogens with zero attached hydrogens (tertiary/aromatic N) is 3. The summed E-state index contributed by atoms with van der Waals surface area (Å²) in [6, 6.07) is 3.79. The summed E-state index contributed by atoms with van der Waals surface area (Å²) in [6.45, 7) is 4.64. The number of amides is 10. The van der Waals surface area contributed by atoms with Gasteiger partial charge in [0, 0.05) is 62.7 Å². The molecule has 0 saturated carbocycles. The third-order valence-electron chi connectivity index (χ3n) is 18.1. The van der Waals surface area contributed by atoms with Crippen LogP contribution in [0.4, 0.5) is 17.1 Å². The van der Waals surface area contributed by atoms with Crippen molar-refractivity contribution in [1.29, 1.82) is 16.2 Å². The first kappa shape index (κ1) is 93.3. The Labute approximate surface area is 665 Å². The number of carbonyl (C=O) groups is 12. The zero-order valence-corrected chi connectivity index (χ0v) is 64.9. The number of nitro groups is 2. The van der Waals surface area contributed by atoms with Gasteiger partial charge in [-0.15, -0.1) is 0 Å². The van der Waals surface area contributed by atoms with Crippen LogP contribution < -0.4 is 101 Å². The number of para-hydroxylation sites is 1. The number of guanidine groups is 3. The van der Waals surface area contributed by atoms with Gasteiger partial charge >= 0.3 is 11.6 Å². The average molecular weight is 1630 g/mol. The normalized spacial score (nSPS) is 14.3. The molecule has 1 aromatic heterocycles. The summed E-state index contributed by atoms with van der Waals surface area (Å²) in [6.07, 6.45) is -0.645. The number of nitro benzene ring substituents is 2. The van der Waals surface area contributed by atoms with Crippen molar-refractivity contribution in [2.24, 2.45) is 23.1 Å². The van der Waals surface area contributed by atoms with Gasteiger partial charge in [-0.2, -0.15) is 0 Å². The van der Waals surface area contributed by atoms with Crippen LogP contribution in [-0.2, 0) is 64.0 Å². The first-order valence-electron chi connectivity index (χ1n) is 37.4. The molecule has 43 heteroatoms. The Morgan fingerprint density at radius 2 is 1.16 bits per heavy atom. The lowest BCUT2D eigenvalue weighted by atomic mass is 10.0. The van der Waals surface area contributed by atoms with E-state index < -0.39 is 190 Å². The number of non-ortho nitro benzene ring substituents is 1. The van der Waals surface area contributed by atoms with E-state index in [9.17, 15) is 87.7 Å². The van der Waals surface area contributed by atoms with Crippen LogP contribution >= 0.6 is 0 Å². The monoisotopic (exact) mass is 1620 g/mol. The third kappa shape index (κ3) is 32.1. The van der Waals surface area contributed by atoms with E-state index in [4.69, 9.17) is 47.3 Å². The number of Topliss-reactive ketones (excluding diaryl/α,β-unsaturated/α-hetero) is 1. The molecule has 0 bridgehead atoms. The molecule has 4 aromatic rings. The number of carboxylic acids is 1.